The average molecular weight is 351 g/mol. The molecule has 0 aliphatic carbocycles. The highest BCUT2D eigenvalue weighted by Crippen LogP contribution is 2.23. The number of halogens is 2. The van der Waals surface area contributed by atoms with Gasteiger partial charge in [-0.2, -0.15) is 0 Å². The molecule has 2 aliphatic heterocycles. The van der Waals surface area contributed by atoms with Gasteiger partial charge in [-0.25, -0.2) is 13.6 Å². The number of hydrogen-bond donors (Lipinski definition) is 0. The maximum Gasteiger partial charge on any atom is 0.320 e. The first-order valence-electron chi connectivity index (χ1n) is 8.80. The number of nitrogens with zero attached hydrogens (tertiary/aromatic N) is 3. The van der Waals surface area contributed by atoms with E-state index < -0.39 is 11.6 Å². The van der Waals surface area contributed by atoms with Crippen molar-refractivity contribution >= 4 is 11.9 Å². The Kier molecular flexibility index (Phi) is 5.20. The lowest BCUT2D eigenvalue weighted by atomic mass is 10.0. The summed E-state index contributed by atoms with van der Waals surface area (Å²) in [6.45, 7) is 5.28. The van der Waals surface area contributed by atoms with Gasteiger partial charge in [0.25, 0.3) is 5.91 Å². The number of carbonyl (C=O) groups is 2. The number of rotatable bonds is 4. The lowest BCUT2D eigenvalue weighted by Gasteiger charge is -2.36. The molecule has 0 bridgehead atoms. The highest BCUT2D eigenvalue weighted by Gasteiger charge is 2.35. The van der Waals surface area contributed by atoms with Crippen LogP contribution in [0.1, 0.15) is 36.5 Å². The molecule has 3 rings (SSSR count). The molecule has 1 aromatic rings. The Morgan fingerprint density at radius 2 is 1.72 bits per heavy atom. The van der Waals surface area contributed by atoms with Gasteiger partial charge in [-0.05, 0) is 31.4 Å². The van der Waals surface area contributed by atoms with Gasteiger partial charge in [0, 0.05) is 50.4 Å². The van der Waals surface area contributed by atoms with Crippen molar-refractivity contribution in [3.63, 3.8) is 0 Å². The number of piperidine rings is 1. The van der Waals surface area contributed by atoms with E-state index in [9.17, 15) is 18.4 Å². The van der Waals surface area contributed by atoms with Gasteiger partial charge in [-0.15, -0.1) is 0 Å². The van der Waals surface area contributed by atoms with Crippen LogP contribution in [-0.2, 0) is 0 Å². The SMILES string of the molecule is CCCN1CCN(C2CCN(C(=O)c3cc(F)cc(F)c3)CC2)C1=O. The summed E-state index contributed by atoms with van der Waals surface area (Å²) in [5.41, 5.74) is 0.0299. The molecule has 0 unspecified atom stereocenters. The third kappa shape index (κ3) is 3.75. The standard InChI is InChI=1S/C18H23F2N3O2/c1-2-5-22-8-9-23(18(22)25)16-3-6-21(7-4-16)17(24)13-10-14(19)12-15(20)11-13/h10-12,16H,2-9H2,1H3. The maximum absolute atomic E-state index is 13.3. The molecule has 3 amide bonds. The topological polar surface area (TPSA) is 43.9 Å². The second kappa shape index (κ2) is 7.37. The van der Waals surface area contributed by atoms with Crippen LogP contribution in [0.15, 0.2) is 18.2 Å². The van der Waals surface area contributed by atoms with Crippen LogP contribution in [-0.4, -0.2) is 65.4 Å². The normalized spacial score (nSPS) is 19.0. The summed E-state index contributed by atoms with van der Waals surface area (Å²) in [5, 5.41) is 0. The van der Waals surface area contributed by atoms with Gasteiger partial charge < -0.3 is 14.7 Å². The summed E-state index contributed by atoms with van der Waals surface area (Å²) < 4.78 is 26.6. The van der Waals surface area contributed by atoms with E-state index >= 15 is 0 Å². The van der Waals surface area contributed by atoms with Crippen molar-refractivity contribution < 1.29 is 18.4 Å². The zero-order chi connectivity index (χ0) is 18.0. The molecule has 0 atom stereocenters. The minimum atomic E-state index is -0.753. The van der Waals surface area contributed by atoms with E-state index in [0.29, 0.717) is 25.9 Å². The summed E-state index contributed by atoms with van der Waals surface area (Å²) in [4.78, 5) is 30.2. The van der Waals surface area contributed by atoms with E-state index in [0.717, 1.165) is 44.3 Å². The first-order valence-corrected chi connectivity index (χ1v) is 8.80. The Morgan fingerprint density at radius 1 is 1.08 bits per heavy atom. The molecule has 136 valence electrons. The minimum Gasteiger partial charge on any atom is -0.338 e. The summed E-state index contributed by atoms with van der Waals surface area (Å²) in [5.74, 6) is -1.87. The quantitative estimate of drug-likeness (QED) is 0.837. The van der Waals surface area contributed by atoms with Crippen molar-refractivity contribution in [2.45, 2.75) is 32.2 Å². The number of hydrogen-bond acceptors (Lipinski definition) is 2. The van der Waals surface area contributed by atoms with E-state index in [-0.39, 0.29) is 23.5 Å². The summed E-state index contributed by atoms with van der Waals surface area (Å²) in [7, 11) is 0. The van der Waals surface area contributed by atoms with E-state index in [2.05, 4.69) is 6.92 Å². The molecule has 2 aliphatic rings. The van der Waals surface area contributed by atoms with Crippen molar-refractivity contribution in [2.75, 3.05) is 32.7 Å². The van der Waals surface area contributed by atoms with Crippen LogP contribution in [0.25, 0.3) is 0 Å². The van der Waals surface area contributed by atoms with Gasteiger partial charge in [0.15, 0.2) is 0 Å². The molecule has 1 aromatic carbocycles. The average Bonchev–Trinajstić information content (AvgIpc) is 2.95. The molecule has 2 saturated heterocycles. The molecule has 0 N–H and O–H groups in total. The van der Waals surface area contributed by atoms with Gasteiger partial charge >= 0.3 is 6.03 Å². The third-order valence-corrected chi connectivity index (χ3v) is 4.92. The molecule has 5 nitrogen and oxygen atoms in total. The Balaban J connectivity index is 1.58. The molecule has 0 aromatic heterocycles. The van der Waals surface area contributed by atoms with Crippen LogP contribution in [0, 0.1) is 11.6 Å². The predicted octanol–water partition coefficient (Wildman–Crippen LogP) is 2.72. The highest BCUT2D eigenvalue weighted by atomic mass is 19.1. The Labute approximate surface area is 146 Å². The lowest BCUT2D eigenvalue weighted by molar-refractivity contribution is 0.0662. The van der Waals surface area contributed by atoms with Crippen molar-refractivity contribution in [1.82, 2.24) is 14.7 Å². The van der Waals surface area contributed by atoms with Crippen molar-refractivity contribution in [3.8, 4) is 0 Å². The fourth-order valence-corrected chi connectivity index (χ4v) is 3.66. The molecular weight excluding hydrogens is 328 g/mol. The lowest BCUT2D eigenvalue weighted by Crippen LogP contribution is -2.48. The van der Waals surface area contributed by atoms with Crippen LogP contribution >= 0.6 is 0 Å². The van der Waals surface area contributed by atoms with Gasteiger partial charge in [-0.3, -0.25) is 4.79 Å². The Hall–Kier alpha value is -2.18. The van der Waals surface area contributed by atoms with Gasteiger partial charge in [0.1, 0.15) is 11.6 Å². The molecule has 0 spiro atoms. The molecule has 0 saturated carbocycles. The van der Waals surface area contributed by atoms with Gasteiger partial charge in [0.05, 0.1) is 0 Å². The zero-order valence-electron chi connectivity index (χ0n) is 14.4. The molecular formula is C18H23F2N3O2. The summed E-state index contributed by atoms with van der Waals surface area (Å²) >= 11 is 0. The Bertz CT molecular complexity index is 639. The number of carbonyl (C=O) groups excluding carboxylic acids is 2. The monoisotopic (exact) mass is 351 g/mol. The second-order valence-corrected chi connectivity index (χ2v) is 6.64. The highest BCUT2D eigenvalue weighted by molar-refractivity contribution is 5.94. The number of benzene rings is 1. The van der Waals surface area contributed by atoms with Crippen LogP contribution < -0.4 is 0 Å². The largest absolute Gasteiger partial charge is 0.338 e. The van der Waals surface area contributed by atoms with Crippen molar-refractivity contribution in [2.24, 2.45) is 0 Å². The van der Waals surface area contributed by atoms with E-state index in [1.54, 1.807) is 4.90 Å². The smallest absolute Gasteiger partial charge is 0.320 e. The number of likely N-dealkylation sites (tertiary alicyclic amines) is 1. The number of urea groups is 1. The summed E-state index contributed by atoms with van der Waals surface area (Å²) in [6.07, 6.45) is 2.32. The molecule has 2 fully saturated rings. The first kappa shape index (κ1) is 17.6. The minimum absolute atomic E-state index is 0.0299. The summed E-state index contributed by atoms with van der Waals surface area (Å²) in [6, 6.07) is 3.08. The van der Waals surface area contributed by atoms with E-state index in [4.69, 9.17) is 0 Å². The fraction of sp³-hybridized carbons (Fsp3) is 0.556. The zero-order valence-corrected chi connectivity index (χ0v) is 14.4. The van der Waals surface area contributed by atoms with Crippen LogP contribution in [0.5, 0.6) is 0 Å². The maximum atomic E-state index is 13.3. The van der Waals surface area contributed by atoms with Crippen LogP contribution in [0.2, 0.25) is 0 Å². The van der Waals surface area contributed by atoms with Gasteiger partial charge in [0.2, 0.25) is 0 Å². The fourth-order valence-electron chi connectivity index (χ4n) is 3.66. The van der Waals surface area contributed by atoms with Gasteiger partial charge in [-0.1, -0.05) is 6.92 Å². The number of amides is 3. The second-order valence-electron chi connectivity index (χ2n) is 6.64. The third-order valence-electron chi connectivity index (χ3n) is 4.92. The molecule has 2 heterocycles. The van der Waals surface area contributed by atoms with Crippen LogP contribution in [0.4, 0.5) is 13.6 Å². The van der Waals surface area contributed by atoms with Crippen molar-refractivity contribution in [3.05, 3.63) is 35.4 Å². The van der Waals surface area contributed by atoms with Crippen molar-refractivity contribution in [1.29, 1.82) is 0 Å². The molecule has 7 heteroatoms. The molecule has 25 heavy (non-hydrogen) atoms. The Morgan fingerprint density at radius 3 is 2.32 bits per heavy atom. The van der Waals surface area contributed by atoms with Crippen LogP contribution in [0.3, 0.4) is 0 Å². The van der Waals surface area contributed by atoms with E-state index in [1.807, 2.05) is 9.80 Å². The first-order chi connectivity index (χ1) is 12.0. The van der Waals surface area contributed by atoms with E-state index in [1.165, 1.54) is 0 Å². The molecule has 0 radical (unpaired) electrons. The predicted molar refractivity (Wildman–Crippen MR) is 89.2 cm³/mol.